The summed E-state index contributed by atoms with van der Waals surface area (Å²) in [5.41, 5.74) is 0.692. The van der Waals surface area contributed by atoms with Crippen molar-refractivity contribution in [3.63, 3.8) is 0 Å². The van der Waals surface area contributed by atoms with Gasteiger partial charge < -0.3 is 15.2 Å². The van der Waals surface area contributed by atoms with Crippen LogP contribution in [-0.4, -0.2) is 38.9 Å². The molecule has 0 spiro atoms. The molecule has 3 atom stereocenters. The maximum atomic E-state index is 12.3. The summed E-state index contributed by atoms with van der Waals surface area (Å²) < 4.78 is 9.63. The quantitative estimate of drug-likeness (QED) is 0.872. The Morgan fingerprint density at radius 3 is 2.91 bits per heavy atom. The Hall–Kier alpha value is -1.99. The Bertz CT molecular complexity index is 662. The number of nitrogens with zero attached hydrogens (tertiary/aromatic N) is 2. The molecule has 2 N–H and O–H groups in total. The molecule has 1 aromatic heterocycles. The van der Waals surface area contributed by atoms with E-state index in [0.717, 1.165) is 17.3 Å². The number of benzene rings is 1. The molecule has 0 bridgehead atoms. The predicted octanol–water partition coefficient (Wildman–Crippen LogP) is 1.80. The van der Waals surface area contributed by atoms with E-state index in [4.69, 9.17) is 4.74 Å². The van der Waals surface area contributed by atoms with E-state index in [-0.39, 0.29) is 18.1 Å². The van der Waals surface area contributed by atoms with Crippen LogP contribution in [0.5, 0.6) is 5.75 Å². The average Bonchev–Trinajstić information content (AvgIpc) is 3.17. The number of carbonyl (C=O) groups is 1. The summed E-state index contributed by atoms with van der Waals surface area (Å²) >= 11 is 1.08. The van der Waals surface area contributed by atoms with Crippen molar-refractivity contribution in [2.45, 2.75) is 44.4 Å². The standard InChI is InChI=1S/C16H19N3O3S/c1-2-11-15(23-19-18-11)16(21)17-12-8-9-13(14(12)20)22-10-6-4-3-5-7-10/h3-7,12-14,20H,2,8-9H2,1H3,(H,17,21)/t12-,13-,14-/m1/s1. The Balaban J connectivity index is 1.61. The van der Waals surface area contributed by atoms with E-state index in [0.29, 0.717) is 29.8 Å². The van der Waals surface area contributed by atoms with Crippen LogP contribution >= 0.6 is 11.5 Å². The van der Waals surface area contributed by atoms with Gasteiger partial charge in [-0.3, -0.25) is 4.79 Å². The van der Waals surface area contributed by atoms with Gasteiger partial charge in [-0.25, -0.2) is 0 Å². The fourth-order valence-electron chi connectivity index (χ4n) is 2.75. The van der Waals surface area contributed by atoms with Gasteiger partial charge in [0.15, 0.2) is 0 Å². The van der Waals surface area contributed by atoms with Crippen molar-refractivity contribution >= 4 is 17.4 Å². The van der Waals surface area contributed by atoms with Crippen molar-refractivity contribution in [1.29, 1.82) is 0 Å². The number of aromatic nitrogens is 2. The Kier molecular flexibility index (Phi) is 4.88. The van der Waals surface area contributed by atoms with Crippen LogP contribution in [0.1, 0.15) is 35.1 Å². The molecular formula is C16H19N3O3S. The molecule has 122 valence electrons. The van der Waals surface area contributed by atoms with Gasteiger partial charge in [0.1, 0.15) is 22.8 Å². The second kappa shape index (κ2) is 7.06. The summed E-state index contributed by atoms with van der Waals surface area (Å²) in [4.78, 5) is 12.8. The van der Waals surface area contributed by atoms with Crippen LogP contribution in [-0.2, 0) is 6.42 Å². The molecule has 0 saturated heterocycles. The molecule has 0 radical (unpaired) electrons. The summed E-state index contributed by atoms with van der Waals surface area (Å²) in [6.07, 6.45) is 0.991. The molecule has 1 saturated carbocycles. The lowest BCUT2D eigenvalue weighted by Gasteiger charge is -2.21. The van der Waals surface area contributed by atoms with Crippen LogP contribution in [0.3, 0.4) is 0 Å². The van der Waals surface area contributed by atoms with Crippen LogP contribution in [0, 0.1) is 0 Å². The first-order valence-electron chi connectivity index (χ1n) is 7.71. The number of nitrogens with one attached hydrogen (secondary N) is 1. The van der Waals surface area contributed by atoms with Crippen molar-refractivity contribution in [1.82, 2.24) is 14.9 Å². The highest BCUT2D eigenvalue weighted by molar-refractivity contribution is 7.08. The molecule has 1 heterocycles. The molecule has 0 aliphatic heterocycles. The summed E-state index contributed by atoms with van der Waals surface area (Å²) in [6.45, 7) is 1.93. The van der Waals surface area contributed by atoms with Crippen LogP contribution < -0.4 is 10.1 Å². The monoisotopic (exact) mass is 333 g/mol. The van der Waals surface area contributed by atoms with Gasteiger partial charge in [0.2, 0.25) is 0 Å². The van der Waals surface area contributed by atoms with Gasteiger partial charge in [-0.15, -0.1) is 5.10 Å². The molecule has 1 fully saturated rings. The zero-order chi connectivity index (χ0) is 16.2. The van der Waals surface area contributed by atoms with Crippen LogP contribution in [0.25, 0.3) is 0 Å². The maximum Gasteiger partial charge on any atom is 0.265 e. The predicted molar refractivity (Wildman–Crippen MR) is 86.6 cm³/mol. The second-order valence-corrected chi connectivity index (χ2v) is 6.27. The smallest absolute Gasteiger partial charge is 0.265 e. The number of hydrogen-bond acceptors (Lipinski definition) is 6. The van der Waals surface area contributed by atoms with E-state index in [2.05, 4.69) is 14.9 Å². The summed E-state index contributed by atoms with van der Waals surface area (Å²) in [6, 6.07) is 9.08. The van der Waals surface area contributed by atoms with Gasteiger partial charge in [-0.05, 0) is 42.9 Å². The second-order valence-electron chi connectivity index (χ2n) is 5.52. The zero-order valence-corrected chi connectivity index (χ0v) is 13.6. The molecule has 1 aromatic carbocycles. The van der Waals surface area contributed by atoms with E-state index >= 15 is 0 Å². The first-order chi connectivity index (χ1) is 11.2. The number of hydrogen-bond donors (Lipinski definition) is 2. The molecule has 7 heteroatoms. The largest absolute Gasteiger partial charge is 0.488 e. The molecule has 3 rings (SSSR count). The Morgan fingerprint density at radius 1 is 1.39 bits per heavy atom. The van der Waals surface area contributed by atoms with E-state index in [9.17, 15) is 9.90 Å². The van der Waals surface area contributed by atoms with Crippen molar-refractivity contribution in [3.05, 3.63) is 40.9 Å². The lowest BCUT2D eigenvalue weighted by atomic mass is 10.2. The third-order valence-corrected chi connectivity index (χ3v) is 4.77. The minimum atomic E-state index is -0.731. The minimum Gasteiger partial charge on any atom is -0.488 e. The van der Waals surface area contributed by atoms with Gasteiger partial charge in [-0.2, -0.15) is 0 Å². The van der Waals surface area contributed by atoms with Crippen LogP contribution in [0.2, 0.25) is 0 Å². The van der Waals surface area contributed by atoms with E-state index in [1.54, 1.807) is 0 Å². The van der Waals surface area contributed by atoms with Crippen LogP contribution in [0.15, 0.2) is 30.3 Å². The molecule has 2 aromatic rings. The lowest BCUT2D eigenvalue weighted by molar-refractivity contribution is 0.0435. The first kappa shape index (κ1) is 15.9. The summed E-state index contributed by atoms with van der Waals surface area (Å²) in [5, 5.41) is 17.2. The van der Waals surface area contributed by atoms with Crippen molar-refractivity contribution in [2.24, 2.45) is 0 Å². The number of aliphatic hydroxyl groups is 1. The fraction of sp³-hybridized carbons (Fsp3) is 0.438. The molecule has 1 aliphatic carbocycles. The van der Waals surface area contributed by atoms with E-state index < -0.39 is 6.10 Å². The number of carbonyl (C=O) groups excluding carboxylic acids is 1. The zero-order valence-electron chi connectivity index (χ0n) is 12.8. The van der Waals surface area contributed by atoms with E-state index in [1.807, 2.05) is 37.3 Å². The van der Waals surface area contributed by atoms with E-state index in [1.165, 1.54) is 0 Å². The van der Waals surface area contributed by atoms with Crippen molar-refractivity contribution in [2.75, 3.05) is 0 Å². The Labute approximate surface area is 138 Å². The highest BCUT2D eigenvalue weighted by Gasteiger charge is 2.37. The lowest BCUT2D eigenvalue weighted by Crippen LogP contribution is -2.44. The fourth-order valence-corrected chi connectivity index (χ4v) is 3.40. The number of amides is 1. The highest BCUT2D eigenvalue weighted by atomic mass is 32.1. The molecular weight excluding hydrogens is 314 g/mol. The van der Waals surface area contributed by atoms with Gasteiger partial charge in [0, 0.05) is 0 Å². The van der Waals surface area contributed by atoms with Gasteiger partial charge in [-0.1, -0.05) is 29.6 Å². The first-order valence-corrected chi connectivity index (χ1v) is 8.48. The summed E-state index contributed by atoms with van der Waals surface area (Å²) in [5.74, 6) is 0.504. The van der Waals surface area contributed by atoms with Gasteiger partial charge >= 0.3 is 0 Å². The minimum absolute atomic E-state index is 0.221. The normalized spacial score (nSPS) is 23.7. The van der Waals surface area contributed by atoms with Crippen LogP contribution in [0.4, 0.5) is 0 Å². The van der Waals surface area contributed by atoms with Crippen molar-refractivity contribution < 1.29 is 14.6 Å². The Morgan fingerprint density at radius 2 is 2.17 bits per heavy atom. The number of aliphatic hydroxyl groups excluding tert-OH is 1. The van der Waals surface area contributed by atoms with Crippen molar-refractivity contribution in [3.8, 4) is 5.75 Å². The number of ether oxygens (including phenoxy) is 1. The highest BCUT2D eigenvalue weighted by Crippen LogP contribution is 2.26. The molecule has 0 unspecified atom stereocenters. The third kappa shape index (κ3) is 3.51. The number of aryl methyl sites for hydroxylation is 1. The average molecular weight is 333 g/mol. The maximum absolute atomic E-state index is 12.3. The number of rotatable bonds is 5. The molecule has 6 nitrogen and oxygen atoms in total. The third-order valence-electron chi connectivity index (χ3n) is 4.00. The topological polar surface area (TPSA) is 84.3 Å². The molecule has 1 aliphatic rings. The molecule has 23 heavy (non-hydrogen) atoms. The molecule has 1 amide bonds. The number of para-hydroxylation sites is 1. The summed E-state index contributed by atoms with van der Waals surface area (Å²) in [7, 11) is 0. The SMILES string of the molecule is CCc1nnsc1C(=O)N[C@@H]1CC[C@@H](Oc2ccccc2)[C@@H]1O. The van der Waals surface area contributed by atoms with Gasteiger partial charge in [0.05, 0.1) is 11.7 Å². The van der Waals surface area contributed by atoms with Gasteiger partial charge in [0.25, 0.3) is 5.91 Å².